The number of hydrogen-bond acceptors (Lipinski definition) is 4. The van der Waals surface area contributed by atoms with E-state index in [2.05, 4.69) is 12.1 Å². The summed E-state index contributed by atoms with van der Waals surface area (Å²) in [5, 5.41) is 0. The first-order valence-corrected chi connectivity index (χ1v) is 6.97. The van der Waals surface area contributed by atoms with Crippen LogP contribution in [0.1, 0.15) is 18.9 Å². The maximum atomic E-state index is 11.1. The van der Waals surface area contributed by atoms with Gasteiger partial charge in [0.2, 0.25) is 0 Å². The lowest BCUT2D eigenvalue weighted by molar-refractivity contribution is -0.139. The first-order valence-electron chi connectivity index (χ1n) is 5.57. The molecule has 0 atom stereocenters. The lowest BCUT2D eigenvalue weighted by atomic mass is 10.1. The third-order valence-electron chi connectivity index (χ3n) is 2.12. The molecule has 0 radical (unpaired) electrons. The van der Waals surface area contributed by atoms with Crippen LogP contribution in [0.2, 0.25) is 0 Å². The quantitative estimate of drug-likeness (QED) is 0.584. The van der Waals surface area contributed by atoms with Gasteiger partial charge in [-0.2, -0.15) is 0 Å². The molecule has 0 fully saturated rings. The van der Waals surface area contributed by atoms with E-state index >= 15 is 0 Å². The molecular weight excluding hydrogens is 252 g/mol. The van der Waals surface area contributed by atoms with E-state index in [0.29, 0.717) is 12.4 Å². The van der Waals surface area contributed by atoms with Crippen molar-refractivity contribution in [3.8, 4) is 0 Å². The van der Waals surface area contributed by atoms with Gasteiger partial charge in [0.25, 0.3) is 0 Å². The van der Waals surface area contributed by atoms with E-state index in [9.17, 15) is 4.79 Å². The minimum Gasteiger partial charge on any atom is -0.465 e. The molecule has 0 aliphatic rings. The fourth-order valence-corrected chi connectivity index (χ4v) is 2.19. The van der Waals surface area contributed by atoms with Crippen LogP contribution >= 0.6 is 24.0 Å². The monoisotopic (exact) mass is 268 g/mol. The molecule has 0 saturated carbocycles. The van der Waals surface area contributed by atoms with Gasteiger partial charge >= 0.3 is 5.97 Å². The highest BCUT2D eigenvalue weighted by Crippen LogP contribution is 2.12. The Balaban J connectivity index is 2.20. The standard InChI is InChI=1S/C13H16O2S2/c1-2-15-12(14)10-17-13(16)9-8-11-6-4-3-5-7-11/h3-7H,2,8-10H2,1H3. The van der Waals surface area contributed by atoms with Gasteiger partial charge in [-0.3, -0.25) is 4.79 Å². The molecule has 0 bridgehead atoms. The van der Waals surface area contributed by atoms with E-state index in [1.807, 2.05) is 18.2 Å². The van der Waals surface area contributed by atoms with Gasteiger partial charge < -0.3 is 4.74 Å². The van der Waals surface area contributed by atoms with E-state index in [-0.39, 0.29) is 5.97 Å². The molecule has 0 heterocycles. The van der Waals surface area contributed by atoms with Crippen molar-refractivity contribution in [2.24, 2.45) is 0 Å². The number of benzene rings is 1. The molecule has 92 valence electrons. The third kappa shape index (κ3) is 6.44. The summed E-state index contributed by atoms with van der Waals surface area (Å²) in [7, 11) is 0. The summed E-state index contributed by atoms with van der Waals surface area (Å²) in [6.45, 7) is 2.23. The van der Waals surface area contributed by atoms with Crippen molar-refractivity contribution in [2.45, 2.75) is 19.8 Å². The Morgan fingerprint density at radius 2 is 2.06 bits per heavy atom. The molecule has 2 nitrogen and oxygen atoms in total. The second kappa shape index (κ2) is 8.25. The highest BCUT2D eigenvalue weighted by molar-refractivity contribution is 8.23. The number of aryl methyl sites for hydroxylation is 1. The van der Waals surface area contributed by atoms with Gasteiger partial charge in [-0.1, -0.05) is 42.5 Å². The Morgan fingerprint density at radius 1 is 1.35 bits per heavy atom. The zero-order valence-corrected chi connectivity index (χ0v) is 11.5. The number of thioether (sulfide) groups is 1. The van der Waals surface area contributed by atoms with Crippen LogP contribution in [0.5, 0.6) is 0 Å². The first kappa shape index (κ1) is 14.2. The Labute approximate surface area is 112 Å². The van der Waals surface area contributed by atoms with Crippen LogP contribution in [0.15, 0.2) is 30.3 Å². The second-order valence-corrected chi connectivity index (χ2v) is 5.27. The largest absolute Gasteiger partial charge is 0.465 e. The summed E-state index contributed by atoms with van der Waals surface area (Å²) in [6.07, 6.45) is 1.75. The zero-order valence-electron chi connectivity index (χ0n) is 9.85. The summed E-state index contributed by atoms with van der Waals surface area (Å²) in [5.74, 6) is 0.126. The fourth-order valence-electron chi connectivity index (χ4n) is 1.31. The minimum absolute atomic E-state index is 0.195. The highest BCUT2D eigenvalue weighted by Gasteiger charge is 2.05. The topological polar surface area (TPSA) is 26.3 Å². The van der Waals surface area contributed by atoms with Crippen LogP contribution in [0.4, 0.5) is 0 Å². The molecule has 0 aromatic heterocycles. The lowest BCUT2D eigenvalue weighted by Crippen LogP contribution is -2.08. The number of ether oxygens (including phenoxy) is 1. The minimum atomic E-state index is -0.195. The van der Waals surface area contributed by atoms with Gasteiger partial charge in [0, 0.05) is 4.20 Å². The van der Waals surface area contributed by atoms with E-state index in [1.165, 1.54) is 17.3 Å². The van der Waals surface area contributed by atoms with Gasteiger partial charge in [0.15, 0.2) is 0 Å². The predicted octanol–water partition coefficient (Wildman–Crippen LogP) is 3.24. The number of esters is 1. The molecule has 0 aliphatic heterocycles. The van der Waals surface area contributed by atoms with Crippen molar-refractivity contribution in [3.63, 3.8) is 0 Å². The molecule has 0 N–H and O–H groups in total. The van der Waals surface area contributed by atoms with Crippen molar-refractivity contribution >= 4 is 34.1 Å². The summed E-state index contributed by atoms with van der Waals surface area (Å²) in [4.78, 5) is 11.1. The smallest absolute Gasteiger partial charge is 0.316 e. The van der Waals surface area contributed by atoms with E-state index in [1.54, 1.807) is 6.92 Å². The molecule has 0 saturated heterocycles. The third-order valence-corrected chi connectivity index (χ3v) is 3.58. The Kier molecular flexibility index (Phi) is 6.89. The van der Waals surface area contributed by atoms with Crippen LogP contribution in [-0.2, 0) is 16.0 Å². The maximum absolute atomic E-state index is 11.1. The average Bonchev–Trinajstić information content (AvgIpc) is 2.35. The number of carbonyl (C=O) groups excluding carboxylic acids is 1. The fraction of sp³-hybridized carbons (Fsp3) is 0.385. The van der Waals surface area contributed by atoms with Gasteiger partial charge in [0.05, 0.1) is 12.4 Å². The molecule has 0 unspecified atom stereocenters. The molecular formula is C13H16O2S2. The second-order valence-electron chi connectivity index (χ2n) is 3.45. The van der Waals surface area contributed by atoms with Crippen LogP contribution in [0.3, 0.4) is 0 Å². The molecule has 17 heavy (non-hydrogen) atoms. The van der Waals surface area contributed by atoms with Crippen molar-refractivity contribution < 1.29 is 9.53 Å². The zero-order chi connectivity index (χ0) is 12.5. The van der Waals surface area contributed by atoms with Gasteiger partial charge in [0.1, 0.15) is 0 Å². The van der Waals surface area contributed by atoms with Crippen LogP contribution in [-0.4, -0.2) is 22.5 Å². The first-order chi connectivity index (χ1) is 8.22. The Bertz CT molecular complexity index is 363. The molecule has 1 rings (SSSR count). The van der Waals surface area contributed by atoms with Crippen molar-refractivity contribution in [3.05, 3.63) is 35.9 Å². The molecule has 1 aromatic carbocycles. The molecule has 0 aliphatic carbocycles. The summed E-state index contributed by atoms with van der Waals surface area (Å²) in [5.41, 5.74) is 1.27. The van der Waals surface area contributed by atoms with Crippen LogP contribution in [0, 0.1) is 0 Å². The van der Waals surface area contributed by atoms with E-state index in [0.717, 1.165) is 17.0 Å². The Morgan fingerprint density at radius 3 is 2.71 bits per heavy atom. The lowest BCUT2D eigenvalue weighted by Gasteiger charge is -2.04. The summed E-state index contributed by atoms with van der Waals surface area (Å²) in [6, 6.07) is 10.2. The van der Waals surface area contributed by atoms with Crippen molar-refractivity contribution in [1.82, 2.24) is 0 Å². The summed E-state index contributed by atoms with van der Waals surface area (Å²) >= 11 is 6.61. The summed E-state index contributed by atoms with van der Waals surface area (Å²) < 4.78 is 5.70. The van der Waals surface area contributed by atoms with E-state index in [4.69, 9.17) is 17.0 Å². The average molecular weight is 268 g/mol. The molecule has 1 aromatic rings. The number of carbonyl (C=O) groups is 1. The van der Waals surface area contributed by atoms with Crippen molar-refractivity contribution in [1.29, 1.82) is 0 Å². The maximum Gasteiger partial charge on any atom is 0.316 e. The van der Waals surface area contributed by atoms with Crippen LogP contribution in [0.25, 0.3) is 0 Å². The van der Waals surface area contributed by atoms with Crippen molar-refractivity contribution in [2.75, 3.05) is 12.4 Å². The molecule has 0 amide bonds. The van der Waals surface area contributed by atoms with Crippen LogP contribution < -0.4 is 0 Å². The Hall–Kier alpha value is -0.870. The normalized spacial score (nSPS) is 9.94. The highest BCUT2D eigenvalue weighted by atomic mass is 32.2. The SMILES string of the molecule is CCOC(=O)CSC(=S)CCc1ccccc1. The van der Waals surface area contributed by atoms with Gasteiger partial charge in [-0.25, -0.2) is 0 Å². The molecule has 4 heteroatoms. The molecule has 0 spiro atoms. The van der Waals surface area contributed by atoms with E-state index < -0.39 is 0 Å². The predicted molar refractivity (Wildman–Crippen MR) is 76.5 cm³/mol. The number of hydrogen-bond donors (Lipinski definition) is 0. The number of thiocarbonyl (C=S) groups is 1. The van der Waals surface area contributed by atoms with Gasteiger partial charge in [-0.05, 0) is 25.3 Å². The van der Waals surface area contributed by atoms with Gasteiger partial charge in [-0.15, -0.1) is 11.8 Å². The number of rotatable bonds is 6.